The van der Waals surface area contributed by atoms with Gasteiger partial charge < -0.3 is 5.32 Å². The number of hydrogen-bond donors (Lipinski definition) is 2. The number of benzene rings is 3. The quantitative estimate of drug-likeness (QED) is 0.520. The highest BCUT2D eigenvalue weighted by Gasteiger charge is 2.24. The molecule has 0 fully saturated rings. The van der Waals surface area contributed by atoms with E-state index < -0.39 is 16.1 Å². The van der Waals surface area contributed by atoms with E-state index in [1.54, 1.807) is 12.1 Å². The molecular formula is C23H24N2O3S2. The van der Waals surface area contributed by atoms with Crippen LogP contribution in [-0.2, 0) is 14.8 Å². The molecule has 3 rings (SSSR count). The Morgan fingerprint density at radius 2 is 1.63 bits per heavy atom. The molecule has 0 radical (unpaired) electrons. The molecule has 30 heavy (non-hydrogen) atoms. The third kappa shape index (κ3) is 5.30. The highest BCUT2D eigenvalue weighted by Crippen LogP contribution is 2.30. The lowest BCUT2D eigenvalue weighted by atomic mass is 9.98. The molecule has 5 nitrogen and oxygen atoms in total. The summed E-state index contributed by atoms with van der Waals surface area (Å²) in [6, 6.07) is 21.4. The van der Waals surface area contributed by atoms with E-state index in [0.29, 0.717) is 5.69 Å². The molecule has 0 aliphatic rings. The number of aryl methyl sites for hydroxylation is 1. The normalized spacial score (nSPS) is 12.4. The predicted octanol–water partition coefficient (Wildman–Crippen LogP) is 4.74. The first-order chi connectivity index (χ1) is 14.3. The molecule has 0 unspecified atom stereocenters. The number of amides is 1. The third-order valence-electron chi connectivity index (χ3n) is 4.57. The topological polar surface area (TPSA) is 75.3 Å². The molecule has 0 aliphatic heterocycles. The van der Waals surface area contributed by atoms with Crippen LogP contribution in [0.2, 0.25) is 0 Å². The van der Waals surface area contributed by atoms with E-state index in [-0.39, 0.29) is 10.8 Å². The van der Waals surface area contributed by atoms with E-state index >= 15 is 0 Å². The second kappa shape index (κ2) is 9.47. The largest absolute Gasteiger partial charge is 0.325 e. The van der Waals surface area contributed by atoms with Gasteiger partial charge in [0.05, 0.1) is 16.6 Å². The summed E-state index contributed by atoms with van der Waals surface area (Å²) < 4.78 is 29.4. The van der Waals surface area contributed by atoms with Crippen LogP contribution in [0, 0.1) is 6.92 Å². The van der Waals surface area contributed by atoms with Gasteiger partial charge in [-0.2, -0.15) is 4.72 Å². The van der Waals surface area contributed by atoms with E-state index in [1.807, 2.05) is 67.8 Å². The third-order valence-corrected chi connectivity index (χ3v) is 6.79. The van der Waals surface area contributed by atoms with Crippen molar-refractivity contribution >= 4 is 33.4 Å². The molecule has 7 heteroatoms. The Bertz CT molecular complexity index is 1150. The Hall–Kier alpha value is -2.61. The van der Waals surface area contributed by atoms with Gasteiger partial charge in [0, 0.05) is 11.8 Å². The number of carbonyl (C=O) groups is 1. The minimum atomic E-state index is -3.86. The molecule has 2 N–H and O–H groups in total. The van der Waals surface area contributed by atoms with Gasteiger partial charge in [-0.1, -0.05) is 60.2 Å². The summed E-state index contributed by atoms with van der Waals surface area (Å²) in [4.78, 5) is 12.4. The van der Waals surface area contributed by atoms with Crippen LogP contribution >= 0.6 is 11.8 Å². The Kier molecular flexibility index (Phi) is 6.97. The maximum Gasteiger partial charge on any atom is 0.241 e. The molecule has 0 bridgehead atoms. The van der Waals surface area contributed by atoms with E-state index in [1.165, 1.54) is 24.8 Å². The molecule has 1 atom stereocenters. The van der Waals surface area contributed by atoms with Crippen molar-refractivity contribution in [3.05, 3.63) is 89.5 Å². The standard InChI is InChI=1S/C23H24N2O3S2/c1-16-8-7-11-19(14-16)23(18-9-5-4-6-10-18)25-30(27,28)20-12-13-22(29-3)21(15-20)24-17(2)26/h4-15,23,25H,1-3H3,(H,24,26)/t23-/m0/s1. The van der Waals surface area contributed by atoms with Gasteiger partial charge in [-0.05, 0) is 42.5 Å². The fourth-order valence-corrected chi connectivity index (χ4v) is 4.96. The molecule has 1 amide bonds. The first kappa shape index (κ1) is 22.1. The maximum absolute atomic E-state index is 13.3. The van der Waals surface area contributed by atoms with Crippen molar-refractivity contribution < 1.29 is 13.2 Å². The minimum Gasteiger partial charge on any atom is -0.325 e. The lowest BCUT2D eigenvalue weighted by Crippen LogP contribution is -2.29. The first-order valence-corrected chi connectivity index (χ1v) is 12.1. The lowest BCUT2D eigenvalue weighted by Gasteiger charge is -2.21. The smallest absolute Gasteiger partial charge is 0.241 e. The molecule has 0 aromatic heterocycles. The van der Waals surface area contributed by atoms with Crippen molar-refractivity contribution in [2.45, 2.75) is 29.7 Å². The van der Waals surface area contributed by atoms with E-state index in [4.69, 9.17) is 0 Å². The summed E-state index contributed by atoms with van der Waals surface area (Å²) in [5, 5.41) is 2.71. The molecule has 156 valence electrons. The van der Waals surface area contributed by atoms with E-state index in [9.17, 15) is 13.2 Å². The number of carbonyl (C=O) groups excluding carboxylic acids is 1. The Labute approximate surface area is 182 Å². The maximum atomic E-state index is 13.3. The van der Waals surface area contributed by atoms with Gasteiger partial charge in [0.25, 0.3) is 0 Å². The number of anilines is 1. The van der Waals surface area contributed by atoms with Crippen molar-refractivity contribution in [3.63, 3.8) is 0 Å². The van der Waals surface area contributed by atoms with Gasteiger partial charge in [-0.25, -0.2) is 8.42 Å². The average molecular weight is 441 g/mol. The molecule has 3 aromatic rings. The Morgan fingerprint density at radius 3 is 2.27 bits per heavy atom. The number of thioether (sulfide) groups is 1. The molecule has 0 spiro atoms. The number of sulfonamides is 1. The molecule has 3 aromatic carbocycles. The summed E-state index contributed by atoms with van der Waals surface area (Å²) in [7, 11) is -3.86. The summed E-state index contributed by atoms with van der Waals surface area (Å²) in [5.74, 6) is -0.255. The van der Waals surface area contributed by atoms with Gasteiger partial charge in [0.1, 0.15) is 0 Å². The van der Waals surface area contributed by atoms with Crippen LogP contribution in [0.3, 0.4) is 0 Å². The summed E-state index contributed by atoms with van der Waals surface area (Å²) >= 11 is 1.44. The van der Waals surface area contributed by atoms with Crippen molar-refractivity contribution in [3.8, 4) is 0 Å². The molecule has 0 aliphatic carbocycles. The van der Waals surface area contributed by atoms with Gasteiger partial charge in [-0.3, -0.25) is 4.79 Å². The zero-order valence-corrected chi connectivity index (χ0v) is 18.7. The predicted molar refractivity (Wildman–Crippen MR) is 122 cm³/mol. The fourth-order valence-electron chi connectivity index (χ4n) is 3.19. The highest BCUT2D eigenvalue weighted by atomic mass is 32.2. The molecule has 0 saturated heterocycles. The van der Waals surface area contributed by atoms with E-state index in [2.05, 4.69) is 10.0 Å². The second-order valence-corrected chi connectivity index (χ2v) is 9.48. The highest BCUT2D eigenvalue weighted by molar-refractivity contribution is 7.98. The van der Waals surface area contributed by atoms with Crippen LogP contribution < -0.4 is 10.0 Å². The van der Waals surface area contributed by atoms with Crippen LogP contribution in [0.25, 0.3) is 0 Å². The molecule has 0 saturated carbocycles. The Morgan fingerprint density at radius 1 is 0.933 bits per heavy atom. The van der Waals surface area contributed by atoms with Crippen LogP contribution in [0.4, 0.5) is 5.69 Å². The second-order valence-electron chi connectivity index (χ2n) is 6.92. The monoisotopic (exact) mass is 440 g/mol. The Balaban J connectivity index is 2.03. The van der Waals surface area contributed by atoms with Crippen molar-refractivity contribution in [1.29, 1.82) is 0 Å². The van der Waals surface area contributed by atoms with Crippen LogP contribution in [0.5, 0.6) is 0 Å². The first-order valence-electron chi connectivity index (χ1n) is 9.39. The van der Waals surface area contributed by atoms with Crippen molar-refractivity contribution in [2.75, 3.05) is 11.6 Å². The van der Waals surface area contributed by atoms with Gasteiger partial charge >= 0.3 is 0 Å². The van der Waals surface area contributed by atoms with Crippen LogP contribution in [-0.4, -0.2) is 20.6 Å². The van der Waals surface area contributed by atoms with Crippen LogP contribution in [0.15, 0.2) is 82.6 Å². The summed E-state index contributed by atoms with van der Waals surface area (Å²) in [6.45, 7) is 3.37. The average Bonchev–Trinajstić information content (AvgIpc) is 2.72. The van der Waals surface area contributed by atoms with Crippen LogP contribution in [0.1, 0.15) is 29.7 Å². The minimum absolute atomic E-state index is 0.0950. The number of nitrogens with one attached hydrogen (secondary N) is 2. The fraction of sp³-hybridized carbons (Fsp3) is 0.174. The number of hydrogen-bond acceptors (Lipinski definition) is 4. The molecule has 0 heterocycles. The van der Waals surface area contributed by atoms with E-state index in [0.717, 1.165) is 21.6 Å². The number of rotatable bonds is 7. The summed E-state index contributed by atoms with van der Waals surface area (Å²) in [5.41, 5.74) is 3.22. The van der Waals surface area contributed by atoms with Crippen molar-refractivity contribution in [1.82, 2.24) is 4.72 Å². The van der Waals surface area contributed by atoms with Gasteiger partial charge in [-0.15, -0.1) is 11.8 Å². The lowest BCUT2D eigenvalue weighted by molar-refractivity contribution is -0.114. The van der Waals surface area contributed by atoms with Crippen molar-refractivity contribution in [2.24, 2.45) is 0 Å². The SMILES string of the molecule is CSc1ccc(S(=O)(=O)N[C@@H](c2ccccc2)c2cccc(C)c2)cc1NC(C)=O. The zero-order chi connectivity index (χ0) is 21.7. The molecular weight excluding hydrogens is 416 g/mol. The zero-order valence-electron chi connectivity index (χ0n) is 17.0. The summed E-state index contributed by atoms with van der Waals surface area (Å²) in [6.07, 6.45) is 1.87. The van der Waals surface area contributed by atoms with Gasteiger partial charge in [0.2, 0.25) is 15.9 Å². The van der Waals surface area contributed by atoms with Gasteiger partial charge in [0.15, 0.2) is 0 Å².